The third kappa shape index (κ3) is 4.40. The molecule has 1 atom stereocenters. The molecule has 84 valence electrons. The highest BCUT2D eigenvalue weighted by molar-refractivity contribution is 4.85. The van der Waals surface area contributed by atoms with Gasteiger partial charge < -0.3 is 15.4 Å². The van der Waals surface area contributed by atoms with E-state index in [2.05, 4.69) is 31.4 Å². The lowest BCUT2D eigenvalue weighted by molar-refractivity contribution is 0.0289. The zero-order chi connectivity index (χ0) is 10.4. The van der Waals surface area contributed by atoms with Crippen LogP contribution in [0.1, 0.15) is 33.6 Å². The van der Waals surface area contributed by atoms with Crippen LogP contribution in [0.2, 0.25) is 0 Å². The van der Waals surface area contributed by atoms with Crippen LogP contribution < -0.4 is 10.6 Å². The first-order chi connectivity index (χ1) is 6.62. The molecule has 3 heteroatoms. The van der Waals surface area contributed by atoms with Gasteiger partial charge in [0.15, 0.2) is 0 Å². The molecule has 14 heavy (non-hydrogen) atoms. The molecular formula is C11H24N2O. The molecule has 3 nitrogen and oxygen atoms in total. The largest absolute Gasteiger partial charge is 0.380 e. The van der Waals surface area contributed by atoms with Gasteiger partial charge in [0.2, 0.25) is 0 Å². The van der Waals surface area contributed by atoms with Gasteiger partial charge in [0.25, 0.3) is 0 Å². The van der Waals surface area contributed by atoms with Crippen molar-refractivity contribution in [1.29, 1.82) is 0 Å². The Labute approximate surface area is 87.6 Å². The van der Waals surface area contributed by atoms with E-state index in [9.17, 15) is 0 Å². The Morgan fingerprint density at radius 2 is 2.14 bits per heavy atom. The van der Waals surface area contributed by atoms with Crippen LogP contribution in [0.4, 0.5) is 0 Å². The van der Waals surface area contributed by atoms with Crippen molar-refractivity contribution in [2.24, 2.45) is 0 Å². The standard InChI is InChI=1S/C11H24N2O/c1-10(2)12-6-7-13-11(3)5-4-8-14-9-11/h10,12-13H,4-9H2,1-3H3. The van der Waals surface area contributed by atoms with Crippen LogP contribution in [-0.2, 0) is 4.74 Å². The van der Waals surface area contributed by atoms with Crippen molar-refractivity contribution >= 4 is 0 Å². The molecule has 0 aliphatic carbocycles. The van der Waals surface area contributed by atoms with Crippen LogP contribution in [-0.4, -0.2) is 37.9 Å². The molecule has 1 rings (SSSR count). The summed E-state index contributed by atoms with van der Waals surface area (Å²) in [6, 6.07) is 0.576. The minimum atomic E-state index is 0.205. The molecule has 1 aliphatic heterocycles. The summed E-state index contributed by atoms with van der Waals surface area (Å²) >= 11 is 0. The van der Waals surface area contributed by atoms with Crippen molar-refractivity contribution in [2.45, 2.75) is 45.2 Å². The molecule has 0 aromatic carbocycles. The Morgan fingerprint density at radius 1 is 1.36 bits per heavy atom. The number of nitrogens with one attached hydrogen (secondary N) is 2. The van der Waals surface area contributed by atoms with E-state index in [-0.39, 0.29) is 5.54 Å². The van der Waals surface area contributed by atoms with Crippen LogP contribution in [0.15, 0.2) is 0 Å². The summed E-state index contributed by atoms with van der Waals surface area (Å²) in [4.78, 5) is 0. The Hall–Kier alpha value is -0.120. The van der Waals surface area contributed by atoms with E-state index in [1.807, 2.05) is 0 Å². The Kier molecular flexibility index (Phi) is 4.85. The number of hydrogen-bond donors (Lipinski definition) is 2. The molecule has 0 aromatic rings. The maximum atomic E-state index is 5.48. The topological polar surface area (TPSA) is 33.3 Å². The summed E-state index contributed by atoms with van der Waals surface area (Å²) in [6.45, 7) is 10.4. The summed E-state index contributed by atoms with van der Waals surface area (Å²) in [5.41, 5.74) is 0.205. The monoisotopic (exact) mass is 200 g/mol. The predicted octanol–water partition coefficient (Wildman–Crippen LogP) is 1.14. The minimum absolute atomic E-state index is 0.205. The first kappa shape index (κ1) is 12.0. The molecule has 1 saturated heterocycles. The van der Waals surface area contributed by atoms with Gasteiger partial charge in [-0.1, -0.05) is 13.8 Å². The summed E-state index contributed by atoms with van der Waals surface area (Å²) in [6.07, 6.45) is 2.41. The highest BCUT2D eigenvalue weighted by Gasteiger charge is 2.26. The molecule has 1 fully saturated rings. The average Bonchev–Trinajstić information content (AvgIpc) is 2.14. The summed E-state index contributed by atoms with van der Waals surface area (Å²) in [5, 5.41) is 6.96. The van der Waals surface area contributed by atoms with Gasteiger partial charge in [-0.3, -0.25) is 0 Å². The molecular weight excluding hydrogens is 176 g/mol. The third-order valence-corrected chi connectivity index (χ3v) is 2.67. The van der Waals surface area contributed by atoms with Crippen LogP contribution in [0, 0.1) is 0 Å². The summed E-state index contributed by atoms with van der Waals surface area (Å²) in [5.74, 6) is 0. The number of hydrogen-bond acceptors (Lipinski definition) is 3. The SMILES string of the molecule is CC(C)NCCNC1(C)CCCOC1. The van der Waals surface area contributed by atoms with Gasteiger partial charge in [0.1, 0.15) is 0 Å². The molecule has 0 saturated carbocycles. The Morgan fingerprint density at radius 3 is 2.71 bits per heavy atom. The van der Waals surface area contributed by atoms with Crippen LogP contribution in [0.3, 0.4) is 0 Å². The fraction of sp³-hybridized carbons (Fsp3) is 1.00. The van der Waals surface area contributed by atoms with E-state index >= 15 is 0 Å². The number of ether oxygens (including phenoxy) is 1. The lowest BCUT2D eigenvalue weighted by atomic mass is 9.95. The summed E-state index contributed by atoms with van der Waals surface area (Å²) < 4.78 is 5.48. The minimum Gasteiger partial charge on any atom is -0.380 e. The van der Waals surface area contributed by atoms with Gasteiger partial charge in [-0.05, 0) is 19.8 Å². The molecule has 1 aliphatic rings. The van der Waals surface area contributed by atoms with E-state index in [0.717, 1.165) is 26.3 Å². The van der Waals surface area contributed by atoms with Gasteiger partial charge in [0.05, 0.1) is 6.61 Å². The fourth-order valence-electron chi connectivity index (χ4n) is 1.80. The zero-order valence-electron chi connectivity index (χ0n) is 9.73. The average molecular weight is 200 g/mol. The number of rotatable bonds is 5. The molecule has 0 aromatic heterocycles. The second kappa shape index (κ2) is 5.69. The van der Waals surface area contributed by atoms with Crippen LogP contribution >= 0.6 is 0 Å². The third-order valence-electron chi connectivity index (χ3n) is 2.67. The van der Waals surface area contributed by atoms with Crippen LogP contribution in [0.5, 0.6) is 0 Å². The van der Waals surface area contributed by atoms with E-state index in [4.69, 9.17) is 4.74 Å². The van der Waals surface area contributed by atoms with Gasteiger partial charge in [-0.2, -0.15) is 0 Å². The van der Waals surface area contributed by atoms with Crippen molar-refractivity contribution in [2.75, 3.05) is 26.3 Å². The fourth-order valence-corrected chi connectivity index (χ4v) is 1.80. The van der Waals surface area contributed by atoms with E-state index in [1.165, 1.54) is 12.8 Å². The maximum Gasteiger partial charge on any atom is 0.0645 e. The first-order valence-corrected chi connectivity index (χ1v) is 5.68. The highest BCUT2D eigenvalue weighted by atomic mass is 16.5. The molecule has 2 N–H and O–H groups in total. The van der Waals surface area contributed by atoms with Crippen molar-refractivity contribution in [3.05, 3.63) is 0 Å². The van der Waals surface area contributed by atoms with Crippen LogP contribution in [0.25, 0.3) is 0 Å². The van der Waals surface area contributed by atoms with Crippen molar-refractivity contribution < 1.29 is 4.74 Å². The molecule has 0 bridgehead atoms. The van der Waals surface area contributed by atoms with Gasteiger partial charge in [0, 0.05) is 31.3 Å². The van der Waals surface area contributed by atoms with Gasteiger partial charge in [-0.15, -0.1) is 0 Å². The quantitative estimate of drug-likeness (QED) is 0.653. The predicted molar refractivity (Wildman–Crippen MR) is 59.6 cm³/mol. The van der Waals surface area contributed by atoms with E-state index in [0.29, 0.717) is 6.04 Å². The van der Waals surface area contributed by atoms with Crippen molar-refractivity contribution in [1.82, 2.24) is 10.6 Å². The molecule has 1 heterocycles. The van der Waals surface area contributed by atoms with Gasteiger partial charge >= 0.3 is 0 Å². The second-order valence-corrected chi connectivity index (χ2v) is 4.75. The lowest BCUT2D eigenvalue weighted by Crippen LogP contribution is -2.51. The highest BCUT2D eigenvalue weighted by Crippen LogP contribution is 2.17. The Balaban J connectivity index is 2.09. The maximum absolute atomic E-state index is 5.48. The second-order valence-electron chi connectivity index (χ2n) is 4.75. The molecule has 1 unspecified atom stereocenters. The Bertz CT molecular complexity index is 153. The van der Waals surface area contributed by atoms with E-state index in [1.54, 1.807) is 0 Å². The summed E-state index contributed by atoms with van der Waals surface area (Å²) in [7, 11) is 0. The first-order valence-electron chi connectivity index (χ1n) is 5.68. The molecule has 0 radical (unpaired) electrons. The van der Waals surface area contributed by atoms with Crippen molar-refractivity contribution in [3.63, 3.8) is 0 Å². The van der Waals surface area contributed by atoms with Crippen molar-refractivity contribution in [3.8, 4) is 0 Å². The zero-order valence-corrected chi connectivity index (χ0v) is 9.73. The smallest absolute Gasteiger partial charge is 0.0645 e. The molecule has 0 amide bonds. The lowest BCUT2D eigenvalue weighted by Gasteiger charge is -2.34. The normalized spacial score (nSPS) is 28.3. The van der Waals surface area contributed by atoms with E-state index < -0.39 is 0 Å². The van der Waals surface area contributed by atoms with Gasteiger partial charge in [-0.25, -0.2) is 0 Å². The molecule has 0 spiro atoms.